The molecule has 0 radical (unpaired) electrons. The summed E-state index contributed by atoms with van der Waals surface area (Å²) in [7, 11) is 0. The van der Waals surface area contributed by atoms with Crippen molar-refractivity contribution in [2.24, 2.45) is 0 Å². The Kier molecular flexibility index (Phi) is 8.51. The quantitative estimate of drug-likeness (QED) is 0.618. The topological polar surface area (TPSA) is 70.8 Å². The Morgan fingerprint density at radius 2 is 2.06 bits per heavy atom. The highest BCUT2D eigenvalue weighted by Crippen LogP contribution is 2.15. The maximum absolute atomic E-state index is 14.2. The van der Waals surface area contributed by atoms with E-state index in [1.165, 1.54) is 18.4 Å². The van der Waals surface area contributed by atoms with Crippen LogP contribution < -0.4 is 5.32 Å². The fraction of sp³-hybridized carbons (Fsp3) is 0.545. The minimum atomic E-state index is -0.606. The standard InChI is InChI=1S/C22H30F2N4O3/c1-3-16(2)25-22(29)20-15-31-21(26-20)14-28(7-6-27-8-10-30-11-9-27)13-17-4-5-18(23)12-19(17)24/h4-5,12,15-16H,3,6-11,13-14H2,1-2H3,(H,25,29). The van der Waals surface area contributed by atoms with E-state index in [2.05, 4.69) is 15.2 Å². The molecule has 0 spiro atoms. The number of carbonyl (C=O) groups is 1. The number of ether oxygens (including phenoxy) is 1. The Morgan fingerprint density at radius 3 is 2.77 bits per heavy atom. The molecule has 170 valence electrons. The number of nitrogens with zero attached hydrogens (tertiary/aromatic N) is 3. The molecule has 1 amide bonds. The molecule has 1 unspecified atom stereocenters. The number of morpholine rings is 1. The summed E-state index contributed by atoms with van der Waals surface area (Å²) in [5, 5.41) is 2.85. The molecule has 1 aromatic carbocycles. The number of oxazole rings is 1. The molecule has 31 heavy (non-hydrogen) atoms. The normalized spacial score (nSPS) is 15.9. The number of benzene rings is 1. The van der Waals surface area contributed by atoms with Crippen LogP contribution in [0.3, 0.4) is 0 Å². The van der Waals surface area contributed by atoms with Gasteiger partial charge in [0.2, 0.25) is 5.89 Å². The fourth-order valence-electron chi connectivity index (χ4n) is 3.29. The minimum Gasteiger partial charge on any atom is -0.447 e. The molecule has 1 saturated heterocycles. The van der Waals surface area contributed by atoms with E-state index in [9.17, 15) is 13.6 Å². The van der Waals surface area contributed by atoms with Crippen LogP contribution >= 0.6 is 0 Å². The van der Waals surface area contributed by atoms with E-state index in [1.54, 1.807) is 0 Å². The third-order valence-corrected chi connectivity index (χ3v) is 5.38. The van der Waals surface area contributed by atoms with Crippen molar-refractivity contribution in [3.63, 3.8) is 0 Å². The van der Waals surface area contributed by atoms with Crippen LogP contribution in [0.1, 0.15) is 42.2 Å². The van der Waals surface area contributed by atoms with Gasteiger partial charge >= 0.3 is 0 Å². The molecular formula is C22H30F2N4O3. The third kappa shape index (κ3) is 7.09. The lowest BCUT2D eigenvalue weighted by Crippen LogP contribution is -2.41. The summed E-state index contributed by atoms with van der Waals surface area (Å²) in [5.74, 6) is -1.10. The van der Waals surface area contributed by atoms with Crippen molar-refractivity contribution in [3.05, 3.63) is 53.2 Å². The van der Waals surface area contributed by atoms with Crippen molar-refractivity contribution >= 4 is 5.91 Å². The van der Waals surface area contributed by atoms with E-state index < -0.39 is 11.6 Å². The molecule has 1 aliphatic heterocycles. The molecule has 7 nitrogen and oxygen atoms in total. The molecule has 1 N–H and O–H groups in total. The van der Waals surface area contributed by atoms with Crippen LogP contribution in [0, 0.1) is 11.6 Å². The van der Waals surface area contributed by atoms with Gasteiger partial charge in [-0.15, -0.1) is 0 Å². The Morgan fingerprint density at radius 1 is 1.29 bits per heavy atom. The summed E-state index contributed by atoms with van der Waals surface area (Å²) < 4.78 is 38.4. The second-order valence-electron chi connectivity index (χ2n) is 7.81. The van der Waals surface area contributed by atoms with E-state index in [0.717, 1.165) is 32.1 Å². The highest BCUT2D eigenvalue weighted by Gasteiger charge is 2.19. The van der Waals surface area contributed by atoms with E-state index in [-0.39, 0.29) is 24.2 Å². The van der Waals surface area contributed by atoms with Gasteiger partial charge in [-0.2, -0.15) is 0 Å². The summed E-state index contributed by atoms with van der Waals surface area (Å²) in [4.78, 5) is 20.8. The first-order chi connectivity index (χ1) is 14.9. The zero-order valence-corrected chi connectivity index (χ0v) is 18.1. The van der Waals surface area contributed by atoms with Gasteiger partial charge in [-0.1, -0.05) is 13.0 Å². The van der Waals surface area contributed by atoms with Crippen molar-refractivity contribution in [2.45, 2.75) is 39.4 Å². The summed E-state index contributed by atoms with van der Waals surface area (Å²) >= 11 is 0. The second-order valence-corrected chi connectivity index (χ2v) is 7.81. The predicted octanol–water partition coefficient (Wildman–Crippen LogP) is 2.82. The zero-order chi connectivity index (χ0) is 22.2. The number of amides is 1. The molecule has 0 saturated carbocycles. The molecule has 9 heteroatoms. The van der Waals surface area contributed by atoms with E-state index in [0.29, 0.717) is 37.8 Å². The first kappa shape index (κ1) is 23.3. The van der Waals surface area contributed by atoms with E-state index in [4.69, 9.17) is 9.15 Å². The van der Waals surface area contributed by atoms with Crippen LogP contribution in [-0.4, -0.2) is 66.1 Å². The Balaban J connectivity index is 1.67. The molecule has 2 aromatic rings. The molecule has 1 fully saturated rings. The lowest BCUT2D eigenvalue weighted by atomic mass is 10.2. The van der Waals surface area contributed by atoms with Crippen LogP contribution in [0.15, 0.2) is 28.9 Å². The number of hydrogen-bond acceptors (Lipinski definition) is 6. The van der Waals surface area contributed by atoms with Gasteiger partial charge in [-0.25, -0.2) is 13.8 Å². The van der Waals surface area contributed by atoms with Crippen molar-refractivity contribution in [1.82, 2.24) is 20.1 Å². The summed E-state index contributed by atoms with van der Waals surface area (Å²) in [6.45, 7) is 8.97. The van der Waals surface area contributed by atoms with Crippen molar-refractivity contribution in [2.75, 3.05) is 39.4 Å². The predicted molar refractivity (Wildman–Crippen MR) is 111 cm³/mol. The molecule has 1 aliphatic rings. The van der Waals surface area contributed by atoms with E-state index in [1.807, 2.05) is 18.7 Å². The maximum Gasteiger partial charge on any atom is 0.273 e. The highest BCUT2D eigenvalue weighted by molar-refractivity contribution is 5.92. The molecular weight excluding hydrogens is 406 g/mol. The lowest BCUT2D eigenvalue weighted by Gasteiger charge is -2.29. The molecule has 0 aliphatic carbocycles. The highest BCUT2D eigenvalue weighted by atomic mass is 19.1. The average Bonchev–Trinajstić information content (AvgIpc) is 3.23. The molecule has 3 rings (SSSR count). The van der Waals surface area contributed by atoms with Gasteiger partial charge in [0.05, 0.1) is 19.8 Å². The first-order valence-corrected chi connectivity index (χ1v) is 10.7. The number of rotatable bonds is 10. The monoisotopic (exact) mass is 436 g/mol. The number of halogens is 2. The lowest BCUT2D eigenvalue weighted by molar-refractivity contribution is 0.0319. The van der Waals surface area contributed by atoms with Crippen molar-refractivity contribution < 1.29 is 22.7 Å². The molecule has 0 bridgehead atoms. The number of carbonyl (C=O) groups excluding carboxylic acids is 1. The smallest absolute Gasteiger partial charge is 0.273 e. The van der Waals surface area contributed by atoms with Crippen LogP contribution in [0.25, 0.3) is 0 Å². The van der Waals surface area contributed by atoms with Gasteiger partial charge in [0.25, 0.3) is 5.91 Å². The number of hydrogen-bond donors (Lipinski definition) is 1. The minimum absolute atomic E-state index is 0.0409. The van der Waals surface area contributed by atoms with Gasteiger partial charge in [0, 0.05) is 50.4 Å². The average molecular weight is 437 g/mol. The SMILES string of the molecule is CCC(C)NC(=O)c1coc(CN(CCN2CCOCC2)Cc2ccc(F)cc2F)n1. The fourth-order valence-corrected chi connectivity index (χ4v) is 3.29. The van der Waals surface area contributed by atoms with Crippen molar-refractivity contribution in [3.8, 4) is 0 Å². The van der Waals surface area contributed by atoms with Crippen LogP contribution in [-0.2, 0) is 17.8 Å². The maximum atomic E-state index is 14.2. The Bertz CT molecular complexity index is 855. The molecule has 1 aromatic heterocycles. The summed E-state index contributed by atoms with van der Waals surface area (Å²) in [5.41, 5.74) is 0.612. The third-order valence-electron chi connectivity index (χ3n) is 5.38. The van der Waals surface area contributed by atoms with Gasteiger partial charge in [0.15, 0.2) is 5.69 Å². The zero-order valence-electron chi connectivity index (χ0n) is 18.1. The van der Waals surface area contributed by atoms with Crippen LogP contribution in [0.5, 0.6) is 0 Å². The number of nitrogens with one attached hydrogen (secondary N) is 1. The van der Waals surface area contributed by atoms with Crippen LogP contribution in [0.2, 0.25) is 0 Å². The van der Waals surface area contributed by atoms with Gasteiger partial charge in [-0.3, -0.25) is 14.6 Å². The summed E-state index contributed by atoms with van der Waals surface area (Å²) in [6.07, 6.45) is 2.15. The summed E-state index contributed by atoms with van der Waals surface area (Å²) in [6, 6.07) is 3.63. The Hall–Kier alpha value is -2.36. The first-order valence-electron chi connectivity index (χ1n) is 10.7. The molecule has 1 atom stereocenters. The second kappa shape index (κ2) is 11.3. The van der Waals surface area contributed by atoms with Gasteiger partial charge < -0.3 is 14.5 Å². The molecule has 2 heterocycles. The largest absolute Gasteiger partial charge is 0.447 e. The van der Waals surface area contributed by atoms with E-state index >= 15 is 0 Å². The van der Waals surface area contributed by atoms with Crippen molar-refractivity contribution in [1.29, 1.82) is 0 Å². The Labute approximate surface area is 181 Å². The van der Waals surface area contributed by atoms with Gasteiger partial charge in [0.1, 0.15) is 17.9 Å². The number of aromatic nitrogens is 1. The van der Waals surface area contributed by atoms with Crippen LogP contribution in [0.4, 0.5) is 8.78 Å². The van der Waals surface area contributed by atoms with Gasteiger partial charge in [-0.05, 0) is 19.4 Å².